The number of nitrogens with two attached hydrogens (primary N) is 1. The molecule has 1 aromatic rings. The van der Waals surface area contributed by atoms with E-state index in [0.29, 0.717) is 5.92 Å². The van der Waals surface area contributed by atoms with Crippen molar-refractivity contribution in [1.29, 1.82) is 0 Å². The first-order valence-electron chi connectivity index (χ1n) is 5.26. The molecular weight excluding hydrogens is 172 g/mol. The second-order valence-corrected chi connectivity index (χ2v) is 4.20. The molecular formula is C12H18N2. The third-order valence-corrected chi connectivity index (χ3v) is 3.32. The van der Waals surface area contributed by atoms with Gasteiger partial charge in [-0.1, -0.05) is 12.1 Å². The molecule has 2 heteroatoms. The van der Waals surface area contributed by atoms with E-state index in [2.05, 4.69) is 31.3 Å². The average Bonchev–Trinajstić information content (AvgIpc) is 2.67. The fraction of sp³-hybridized carbons (Fsp3) is 0.500. The lowest BCUT2D eigenvalue weighted by Gasteiger charge is -2.15. The molecule has 2 nitrogen and oxygen atoms in total. The summed E-state index contributed by atoms with van der Waals surface area (Å²) in [5.41, 5.74) is 11.0. The molecule has 0 amide bonds. The Balaban J connectivity index is 2.38. The van der Waals surface area contributed by atoms with E-state index in [0.717, 1.165) is 18.8 Å². The lowest BCUT2D eigenvalue weighted by Crippen LogP contribution is -2.10. The van der Waals surface area contributed by atoms with Crippen molar-refractivity contribution in [2.24, 2.45) is 0 Å². The summed E-state index contributed by atoms with van der Waals surface area (Å²) in [6.45, 7) is 6.42. The summed E-state index contributed by atoms with van der Waals surface area (Å²) in [5.74, 6) is 0.620. The van der Waals surface area contributed by atoms with Gasteiger partial charge >= 0.3 is 0 Å². The van der Waals surface area contributed by atoms with Crippen LogP contribution in [0.4, 0.5) is 5.69 Å². The number of aryl methyl sites for hydroxylation is 1. The predicted octanol–water partition coefficient (Wildman–Crippen LogP) is 1.96. The van der Waals surface area contributed by atoms with Crippen molar-refractivity contribution >= 4 is 5.69 Å². The SMILES string of the molecule is Cc1ccc(C2CCNC2)c(N)c1C. The van der Waals surface area contributed by atoms with Crippen LogP contribution in [0, 0.1) is 13.8 Å². The van der Waals surface area contributed by atoms with E-state index in [1.165, 1.54) is 23.1 Å². The third-order valence-electron chi connectivity index (χ3n) is 3.32. The summed E-state index contributed by atoms with van der Waals surface area (Å²) in [5, 5.41) is 3.38. The van der Waals surface area contributed by atoms with Crippen LogP contribution in [0.3, 0.4) is 0 Å². The summed E-state index contributed by atoms with van der Waals surface area (Å²) in [4.78, 5) is 0. The van der Waals surface area contributed by atoms with Gasteiger partial charge in [-0.15, -0.1) is 0 Å². The molecule has 1 aliphatic heterocycles. The fourth-order valence-corrected chi connectivity index (χ4v) is 2.13. The Morgan fingerprint density at radius 2 is 2.14 bits per heavy atom. The first-order chi connectivity index (χ1) is 6.70. The number of hydrogen-bond donors (Lipinski definition) is 2. The van der Waals surface area contributed by atoms with Crippen molar-refractivity contribution in [3.63, 3.8) is 0 Å². The molecule has 0 aliphatic carbocycles. The monoisotopic (exact) mass is 190 g/mol. The molecule has 3 N–H and O–H groups in total. The molecule has 0 bridgehead atoms. The molecule has 1 atom stereocenters. The molecule has 0 spiro atoms. The quantitative estimate of drug-likeness (QED) is 0.664. The summed E-state index contributed by atoms with van der Waals surface area (Å²) in [6.07, 6.45) is 1.21. The zero-order valence-electron chi connectivity index (χ0n) is 8.93. The van der Waals surface area contributed by atoms with E-state index in [1.807, 2.05) is 0 Å². The van der Waals surface area contributed by atoms with Crippen molar-refractivity contribution in [2.75, 3.05) is 18.8 Å². The van der Waals surface area contributed by atoms with E-state index < -0.39 is 0 Å². The van der Waals surface area contributed by atoms with Crippen LogP contribution in [0.2, 0.25) is 0 Å². The molecule has 14 heavy (non-hydrogen) atoms. The van der Waals surface area contributed by atoms with Gasteiger partial charge < -0.3 is 11.1 Å². The van der Waals surface area contributed by atoms with Gasteiger partial charge in [0.2, 0.25) is 0 Å². The number of benzene rings is 1. The van der Waals surface area contributed by atoms with Gasteiger partial charge in [-0.05, 0) is 49.4 Å². The standard InChI is InChI=1S/C12H18N2/c1-8-3-4-11(12(13)9(8)2)10-5-6-14-7-10/h3-4,10,14H,5-7,13H2,1-2H3. The zero-order chi connectivity index (χ0) is 10.1. The summed E-state index contributed by atoms with van der Waals surface area (Å²) < 4.78 is 0. The molecule has 1 aromatic carbocycles. The zero-order valence-corrected chi connectivity index (χ0v) is 8.93. The van der Waals surface area contributed by atoms with Gasteiger partial charge in [0.15, 0.2) is 0 Å². The van der Waals surface area contributed by atoms with Crippen molar-refractivity contribution in [3.8, 4) is 0 Å². The molecule has 2 rings (SSSR count). The highest BCUT2D eigenvalue weighted by molar-refractivity contribution is 5.57. The molecule has 0 aromatic heterocycles. The van der Waals surface area contributed by atoms with Crippen LogP contribution in [-0.2, 0) is 0 Å². The summed E-state index contributed by atoms with van der Waals surface area (Å²) in [7, 11) is 0. The van der Waals surface area contributed by atoms with Gasteiger partial charge in [0.05, 0.1) is 0 Å². The van der Waals surface area contributed by atoms with Crippen LogP contribution in [0.5, 0.6) is 0 Å². The molecule has 1 aliphatic rings. The highest BCUT2D eigenvalue weighted by atomic mass is 14.9. The van der Waals surface area contributed by atoms with Gasteiger partial charge in [0.25, 0.3) is 0 Å². The first-order valence-corrected chi connectivity index (χ1v) is 5.26. The lowest BCUT2D eigenvalue weighted by atomic mass is 9.93. The molecule has 1 unspecified atom stereocenters. The molecule has 0 radical (unpaired) electrons. The smallest absolute Gasteiger partial charge is 0.0382 e. The number of nitrogen functional groups attached to an aromatic ring is 1. The van der Waals surface area contributed by atoms with Crippen molar-refractivity contribution in [2.45, 2.75) is 26.2 Å². The Morgan fingerprint density at radius 3 is 2.79 bits per heavy atom. The Morgan fingerprint density at radius 1 is 1.36 bits per heavy atom. The van der Waals surface area contributed by atoms with E-state index in [-0.39, 0.29) is 0 Å². The van der Waals surface area contributed by atoms with E-state index in [4.69, 9.17) is 5.73 Å². The Hall–Kier alpha value is -1.02. The van der Waals surface area contributed by atoms with Crippen LogP contribution in [0.15, 0.2) is 12.1 Å². The molecule has 76 valence electrons. The van der Waals surface area contributed by atoms with Crippen LogP contribution >= 0.6 is 0 Å². The maximum atomic E-state index is 6.14. The molecule has 0 saturated carbocycles. The minimum Gasteiger partial charge on any atom is -0.398 e. The number of nitrogens with one attached hydrogen (secondary N) is 1. The largest absolute Gasteiger partial charge is 0.398 e. The van der Waals surface area contributed by atoms with Crippen molar-refractivity contribution in [3.05, 3.63) is 28.8 Å². The van der Waals surface area contributed by atoms with Crippen LogP contribution in [0.25, 0.3) is 0 Å². The Kier molecular flexibility index (Phi) is 2.46. The van der Waals surface area contributed by atoms with Crippen molar-refractivity contribution in [1.82, 2.24) is 5.32 Å². The minimum absolute atomic E-state index is 0.620. The highest BCUT2D eigenvalue weighted by Gasteiger charge is 2.19. The molecule has 1 heterocycles. The van der Waals surface area contributed by atoms with Crippen LogP contribution < -0.4 is 11.1 Å². The summed E-state index contributed by atoms with van der Waals surface area (Å²) in [6, 6.07) is 4.37. The second kappa shape index (κ2) is 3.62. The minimum atomic E-state index is 0.620. The van der Waals surface area contributed by atoms with E-state index in [9.17, 15) is 0 Å². The first kappa shape index (κ1) is 9.53. The maximum Gasteiger partial charge on any atom is 0.0382 e. The van der Waals surface area contributed by atoms with Gasteiger partial charge in [-0.3, -0.25) is 0 Å². The fourth-order valence-electron chi connectivity index (χ4n) is 2.13. The topological polar surface area (TPSA) is 38.0 Å². The van der Waals surface area contributed by atoms with Gasteiger partial charge in [0, 0.05) is 12.2 Å². The van der Waals surface area contributed by atoms with Gasteiger partial charge in [0.1, 0.15) is 0 Å². The van der Waals surface area contributed by atoms with Gasteiger partial charge in [-0.2, -0.15) is 0 Å². The highest BCUT2D eigenvalue weighted by Crippen LogP contribution is 2.30. The van der Waals surface area contributed by atoms with E-state index >= 15 is 0 Å². The van der Waals surface area contributed by atoms with Crippen LogP contribution in [0.1, 0.15) is 29.0 Å². The van der Waals surface area contributed by atoms with E-state index in [1.54, 1.807) is 0 Å². The number of rotatable bonds is 1. The Bertz CT molecular complexity index is 338. The number of anilines is 1. The lowest BCUT2D eigenvalue weighted by molar-refractivity contribution is 0.765. The summed E-state index contributed by atoms with van der Waals surface area (Å²) >= 11 is 0. The predicted molar refractivity (Wildman–Crippen MR) is 60.6 cm³/mol. The maximum absolute atomic E-state index is 6.14. The number of hydrogen-bond acceptors (Lipinski definition) is 2. The van der Waals surface area contributed by atoms with Crippen LogP contribution in [-0.4, -0.2) is 13.1 Å². The third kappa shape index (κ3) is 1.50. The second-order valence-electron chi connectivity index (χ2n) is 4.20. The van der Waals surface area contributed by atoms with Gasteiger partial charge in [-0.25, -0.2) is 0 Å². The average molecular weight is 190 g/mol. The molecule has 1 saturated heterocycles. The molecule has 1 fully saturated rings. The Labute approximate surface area is 85.5 Å². The normalized spacial score (nSPS) is 21.4. The van der Waals surface area contributed by atoms with Crippen molar-refractivity contribution < 1.29 is 0 Å².